The van der Waals surface area contributed by atoms with Crippen molar-refractivity contribution in [1.82, 2.24) is 24.5 Å². The lowest BCUT2D eigenvalue weighted by Crippen LogP contribution is -2.14. The highest BCUT2D eigenvalue weighted by atomic mass is 15.4. The SMILES string of the molecule is Cc1nc(C)n(Cc2c(C)nn(C)c2NN)n1. The second kappa shape index (κ2) is 4.17. The van der Waals surface area contributed by atoms with Gasteiger partial charge in [-0.2, -0.15) is 10.2 Å². The van der Waals surface area contributed by atoms with E-state index in [1.54, 1.807) is 4.68 Å². The Kier molecular flexibility index (Phi) is 2.84. The van der Waals surface area contributed by atoms with Crippen LogP contribution in [0.3, 0.4) is 0 Å². The second-order valence-electron chi connectivity index (χ2n) is 4.04. The summed E-state index contributed by atoms with van der Waals surface area (Å²) in [7, 11) is 1.85. The maximum atomic E-state index is 5.51. The van der Waals surface area contributed by atoms with Gasteiger partial charge in [-0.05, 0) is 20.8 Å². The molecular formula is C10H17N7. The minimum Gasteiger partial charge on any atom is -0.308 e. The summed E-state index contributed by atoms with van der Waals surface area (Å²) in [5.41, 5.74) is 4.64. The molecule has 0 aromatic carbocycles. The molecule has 92 valence electrons. The van der Waals surface area contributed by atoms with E-state index in [2.05, 4.69) is 20.6 Å². The van der Waals surface area contributed by atoms with Crippen LogP contribution in [-0.4, -0.2) is 24.5 Å². The Hall–Kier alpha value is -1.89. The van der Waals surface area contributed by atoms with Crippen molar-refractivity contribution in [2.75, 3.05) is 5.43 Å². The Morgan fingerprint density at radius 1 is 1.24 bits per heavy atom. The van der Waals surface area contributed by atoms with E-state index in [4.69, 9.17) is 5.84 Å². The molecule has 2 heterocycles. The lowest BCUT2D eigenvalue weighted by Gasteiger charge is -2.06. The number of aromatic nitrogens is 5. The van der Waals surface area contributed by atoms with Gasteiger partial charge in [-0.25, -0.2) is 15.5 Å². The van der Waals surface area contributed by atoms with Gasteiger partial charge < -0.3 is 5.43 Å². The molecule has 0 aliphatic rings. The summed E-state index contributed by atoms with van der Waals surface area (Å²) in [6.45, 7) is 6.38. The third-order valence-corrected chi connectivity index (χ3v) is 2.75. The maximum Gasteiger partial charge on any atom is 0.147 e. The van der Waals surface area contributed by atoms with Crippen LogP contribution in [-0.2, 0) is 13.6 Å². The average molecular weight is 235 g/mol. The highest BCUT2D eigenvalue weighted by Crippen LogP contribution is 2.19. The first-order valence-electron chi connectivity index (χ1n) is 5.40. The van der Waals surface area contributed by atoms with Crippen LogP contribution >= 0.6 is 0 Å². The van der Waals surface area contributed by atoms with Crippen LogP contribution in [0.2, 0.25) is 0 Å². The third-order valence-electron chi connectivity index (χ3n) is 2.75. The first-order chi connectivity index (χ1) is 8.02. The van der Waals surface area contributed by atoms with Gasteiger partial charge in [0, 0.05) is 12.6 Å². The van der Waals surface area contributed by atoms with Crippen molar-refractivity contribution < 1.29 is 0 Å². The molecule has 0 saturated heterocycles. The first-order valence-corrected chi connectivity index (χ1v) is 5.40. The number of rotatable bonds is 3. The quantitative estimate of drug-likeness (QED) is 0.589. The number of nitrogen functional groups attached to an aromatic ring is 1. The molecule has 0 radical (unpaired) electrons. The van der Waals surface area contributed by atoms with Gasteiger partial charge in [0.2, 0.25) is 0 Å². The fourth-order valence-corrected chi connectivity index (χ4v) is 1.93. The number of hydrazine groups is 1. The van der Waals surface area contributed by atoms with Crippen LogP contribution in [0.5, 0.6) is 0 Å². The van der Waals surface area contributed by atoms with Crippen molar-refractivity contribution in [2.24, 2.45) is 12.9 Å². The molecule has 0 saturated carbocycles. The van der Waals surface area contributed by atoms with Gasteiger partial charge in [0.05, 0.1) is 12.2 Å². The van der Waals surface area contributed by atoms with Crippen LogP contribution in [0.15, 0.2) is 0 Å². The molecule has 3 N–H and O–H groups in total. The van der Waals surface area contributed by atoms with Crippen LogP contribution < -0.4 is 11.3 Å². The predicted molar refractivity (Wildman–Crippen MR) is 64.4 cm³/mol. The van der Waals surface area contributed by atoms with Gasteiger partial charge in [0.25, 0.3) is 0 Å². The largest absolute Gasteiger partial charge is 0.308 e. The van der Waals surface area contributed by atoms with E-state index in [1.807, 2.05) is 32.5 Å². The summed E-state index contributed by atoms with van der Waals surface area (Å²) in [5, 5.41) is 8.66. The van der Waals surface area contributed by atoms with Crippen molar-refractivity contribution in [3.8, 4) is 0 Å². The maximum absolute atomic E-state index is 5.51. The molecule has 0 unspecified atom stereocenters. The Labute approximate surface area is 99.6 Å². The van der Waals surface area contributed by atoms with E-state index >= 15 is 0 Å². The van der Waals surface area contributed by atoms with Crippen molar-refractivity contribution in [3.63, 3.8) is 0 Å². The van der Waals surface area contributed by atoms with Crippen LogP contribution in [0.25, 0.3) is 0 Å². The normalized spacial score (nSPS) is 10.9. The number of nitrogens with zero attached hydrogens (tertiary/aromatic N) is 5. The van der Waals surface area contributed by atoms with Gasteiger partial charge in [-0.3, -0.25) is 4.68 Å². The van der Waals surface area contributed by atoms with Gasteiger partial charge in [-0.1, -0.05) is 0 Å². The molecule has 7 heteroatoms. The standard InChI is InChI=1S/C10H17N7/c1-6-9(10(13-11)16(4)14-6)5-17-8(3)12-7(2)15-17/h13H,5,11H2,1-4H3. The van der Waals surface area contributed by atoms with Crippen LogP contribution in [0.1, 0.15) is 22.9 Å². The molecular weight excluding hydrogens is 218 g/mol. The molecule has 17 heavy (non-hydrogen) atoms. The summed E-state index contributed by atoms with van der Waals surface area (Å²) in [6, 6.07) is 0. The van der Waals surface area contributed by atoms with Crippen LogP contribution in [0, 0.1) is 20.8 Å². The molecule has 0 amide bonds. The Morgan fingerprint density at radius 2 is 1.94 bits per heavy atom. The zero-order chi connectivity index (χ0) is 12.6. The van der Waals surface area contributed by atoms with E-state index in [9.17, 15) is 0 Å². The second-order valence-corrected chi connectivity index (χ2v) is 4.04. The van der Waals surface area contributed by atoms with Gasteiger partial charge in [0.15, 0.2) is 0 Å². The van der Waals surface area contributed by atoms with E-state index in [0.29, 0.717) is 6.54 Å². The molecule has 0 spiro atoms. The van der Waals surface area contributed by atoms with E-state index in [0.717, 1.165) is 28.7 Å². The minimum absolute atomic E-state index is 0.617. The number of nitrogens with one attached hydrogen (secondary N) is 1. The average Bonchev–Trinajstić information content (AvgIpc) is 2.69. The Morgan fingerprint density at radius 3 is 2.47 bits per heavy atom. The highest BCUT2D eigenvalue weighted by molar-refractivity contribution is 5.46. The summed E-state index contributed by atoms with van der Waals surface area (Å²) >= 11 is 0. The van der Waals surface area contributed by atoms with Crippen molar-refractivity contribution in [1.29, 1.82) is 0 Å². The monoisotopic (exact) mass is 235 g/mol. The fourth-order valence-electron chi connectivity index (χ4n) is 1.93. The van der Waals surface area contributed by atoms with Gasteiger partial charge >= 0.3 is 0 Å². The lowest BCUT2D eigenvalue weighted by molar-refractivity contribution is 0.654. The van der Waals surface area contributed by atoms with Crippen molar-refractivity contribution in [3.05, 3.63) is 22.9 Å². The molecule has 2 aromatic rings. The number of hydrogen-bond acceptors (Lipinski definition) is 5. The van der Waals surface area contributed by atoms with Crippen molar-refractivity contribution >= 4 is 5.82 Å². The summed E-state index contributed by atoms with van der Waals surface area (Å²) < 4.78 is 3.57. The number of nitrogens with two attached hydrogens (primary N) is 1. The summed E-state index contributed by atoms with van der Waals surface area (Å²) in [5.74, 6) is 7.96. The molecule has 0 aliphatic heterocycles. The van der Waals surface area contributed by atoms with Crippen LogP contribution in [0.4, 0.5) is 5.82 Å². The zero-order valence-corrected chi connectivity index (χ0v) is 10.5. The number of hydrogen-bond donors (Lipinski definition) is 2. The molecule has 0 fully saturated rings. The Balaban J connectivity index is 2.39. The van der Waals surface area contributed by atoms with Gasteiger partial charge in [-0.15, -0.1) is 0 Å². The number of aryl methyl sites for hydroxylation is 4. The molecule has 2 rings (SSSR count). The Bertz CT molecular complexity index is 537. The molecule has 0 bridgehead atoms. The highest BCUT2D eigenvalue weighted by Gasteiger charge is 2.14. The molecule has 0 aliphatic carbocycles. The topological polar surface area (TPSA) is 86.6 Å². The smallest absolute Gasteiger partial charge is 0.147 e. The molecule has 0 atom stereocenters. The predicted octanol–water partition coefficient (Wildman–Crippen LogP) is 0.271. The molecule has 7 nitrogen and oxygen atoms in total. The fraction of sp³-hybridized carbons (Fsp3) is 0.500. The van der Waals surface area contributed by atoms with Gasteiger partial charge in [0.1, 0.15) is 17.5 Å². The summed E-state index contributed by atoms with van der Waals surface area (Å²) in [6.07, 6.45) is 0. The number of anilines is 1. The lowest BCUT2D eigenvalue weighted by atomic mass is 10.2. The van der Waals surface area contributed by atoms with E-state index < -0.39 is 0 Å². The third kappa shape index (κ3) is 2.01. The van der Waals surface area contributed by atoms with Crippen molar-refractivity contribution in [2.45, 2.75) is 27.3 Å². The zero-order valence-electron chi connectivity index (χ0n) is 10.5. The summed E-state index contributed by atoms with van der Waals surface area (Å²) in [4.78, 5) is 4.27. The molecule has 2 aromatic heterocycles. The first kappa shape index (κ1) is 11.6. The minimum atomic E-state index is 0.617. The van der Waals surface area contributed by atoms with E-state index in [-0.39, 0.29) is 0 Å². The van der Waals surface area contributed by atoms with E-state index in [1.165, 1.54) is 0 Å².